The van der Waals surface area contributed by atoms with Crippen molar-refractivity contribution in [1.82, 2.24) is 9.80 Å². The maximum atomic E-state index is 12.9. The monoisotopic (exact) mass is 346 g/mol. The lowest BCUT2D eigenvalue weighted by atomic mass is 9.86. The maximum Gasteiger partial charge on any atom is 0.411 e. The Kier molecular flexibility index (Phi) is 4.99. The highest BCUT2D eigenvalue weighted by Gasteiger charge is 2.60. The van der Waals surface area contributed by atoms with Crippen molar-refractivity contribution < 1.29 is 19.4 Å². The first-order valence-corrected chi connectivity index (χ1v) is 8.94. The number of hydrogen-bond acceptors (Lipinski definition) is 4. The van der Waals surface area contributed by atoms with Crippen LogP contribution in [-0.4, -0.2) is 57.7 Å². The Balaban J connectivity index is 1.83. The second-order valence-electron chi connectivity index (χ2n) is 7.18. The van der Waals surface area contributed by atoms with E-state index < -0.39 is 17.6 Å². The summed E-state index contributed by atoms with van der Waals surface area (Å²) in [5.74, 6) is -0.924. The number of rotatable bonds is 5. The van der Waals surface area contributed by atoms with Gasteiger partial charge in [0.25, 0.3) is 0 Å². The summed E-state index contributed by atoms with van der Waals surface area (Å²) in [6, 6.07) is 9.06. The summed E-state index contributed by atoms with van der Waals surface area (Å²) >= 11 is 0. The first-order valence-electron chi connectivity index (χ1n) is 8.94. The van der Waals surface area contributed by atoms with Crippen molar-refractivity contribution in [1.29, 1.82) is 0 Å². The molecule has 1 N–H and O–H groups in total. The minimum Gasteiger partial charge on any atom is -0.479 e. The van der Waals surface area contributed by atoms with Crippen molar-refractivity contribution in [2.24, 2.45) is 0 Å². The van der Waals surface area contributed by atoms with E-state index in [-0.39, 0.29) is 18.7 Å². The number of nitrogens with zero attached hydrogens (tertiary/aromatic N) is 2. The van der Waals surface area contributed by atoms with Crippen LogP contribution in [-0.2, 0) is 16.1 Å². The van der Waals surface area contributed by atoms with Crippen LogP contribution in [0.25, 0.3) is 0 Å². The van der Waals surface area contributed by atoms with Gasteiger partial charge in [0.05, 0.1) is 0 Å². The summed E-state index contributed by atoms with van der Waals surface area (Å²) in [5.41, 5.74) is -0.309. The van der Waals surface area contributed by atoms with Gasteiger partial charge in [-0.05, 0) is 45.2 Å². The van der Waals surface area contributed by atoms with Crippen LogP contribution in [0, 0.1) is 0 Å². The molecule has 1 aromatic carbocycles. The molecular formula is C19H26N2O4. The van der Waals surface area contributed by atoms with Crippen molar-refractivity contribution >= 4 is 12.1 Å². The molecule has 2 unspecified atom stereocenters. The summed E-state index contributed by atoms with van der Waals surface area (Å²) in [7, 11) is 0. The number of carboxylic acids is 1. The molecule has 0 saturated carbocycles. The molecule has 0 radical (unpaired) electrons. The van der Waals surface area contributed by atoms with E-state index >= 15 is 0 Å². The molecular weight excluding hydrogens is 320 g/mol. The van der Waals surface area contributed by atoms with Gasteiger partial charge in [0.1, 0.15) is 6.61 Å². The largest absolute Gasteiger partial charge is 0.479 e. The molecule has 2 heterocycles. The van der Waals surface area contributed by atoms with Crippen molar-refractivity contribution in [3.8, 4) is 0 Å². The Labute approximate surface area is 148 Å². The normalized spacial score (nSPS) is 25.8. The topological polar surface area (TPSA) is 70.1 Å². The molecule has 1 aromatic rings. The number of aliphatic carboxylic acids is 1. The van der Waals surface area contributed by atoms with Gasteiger partial charge in [-0.25, -0.2) is 9.59 Å². The molecule has 25 heavy (non-hydrogen) atoms. The Morgan fingerprint density at radius 2 is 2.04 bits per heavy atom. The first-order chi connectivity index (χ1) is 12.0. The predicted molar refractivity (Wildman–Crippen MR) is 93.2 cm³/mol. The van der Waals surface area contributed by atoms with Crippen molar-refractivity contribution in [2.45, 2.75) is 57.3 Å². The van der Waals surface area contributed by atoms with Gasteiger partial charge in [-0.2, -0.15) is 0 Å². The number of carbonyl (C=O) groups is 2. The maximum absolute atomic E-state index is 12.9. The third-order valence-corrected chi connectivity index (χ3v) is 5.41. The molecule has 0 spiro atoms. The fraction of sp³-hybridized carbons (Fsp3) is 0.579. The second kappa shape index (κ2) is 7.04. The van der Waals surface area contributed by atoms with E-state index in [1.54, 1.807) is 0 Å². The number of amides is 1. The lowest BCUT2D eigenvalue weighted by Crippen LogP contribution is -2.64. The minimum atomic E-state index is -1.20. The van der Waals surface area contributed by atoms with Gasteiger partial charge in [0.15, 0.2) is 5.54 Å². The smallest absolute Gasteiger partial charge is 0.411 e. The Morgan fingerprint density at radius 3 is 2.68 bits per heavy atom. The molecule has 136 valence electrons. The van der Waals surface area contributed by atoms with Crippen molar-refractivity contribution in [3.05, 3.63) is 35.9 Å². The number of hydrogen-bond donors (Lipinski definition) is 1. The van der Waals surface area contributed by atoms with E-state index in [9.17, 15) is 14.7 Å². The standard InChI is InChI=1S/C19H26N2O4/c1-14(2)21(18(24)25-13-15-7-4-3-5-8-15)19(17(22)23)10-12-20-11-6-9-16(19)20/h3-5,7-8,14,16H,6,9-13H2,1-2H3,(H,22,23). The van der Waals surface area contributed by atoms with Gasteiger partial charge in [0, 0.05) is 18.6 Å². The molecule has 6 heteroatoms. The first kappa shape index (κ1) is 17.7. The lowest BCUT2D eigenvalue weighted by molar-refractivity contribution is -0.153. The van der Waals surface area contributed by atoms with Gasteiger partial charge in [0.2, 0.25) is 0 Å². The summed E-state index contributed by atoms with van der Waals surface area (Å²) in [5, 5.41) is 10.1. The summed E-state index contributed by atoms with van der Waals surface area (Å²) in [4.78, 5) is 28.8. The molecule has 3 rings (SSSR count). The highest BCUT2D eigenvalue weighted by Crippen LogP contribution is 2.41. The van der Waals surface area contributed by atoms with Gasteiger partial charge >= 0.3 is 12.1 Å². The molecule has 0 aromatic heterocycles. The highest BCUT2D eigenvalue weighted by molar-refractivity contribution is 5.86. The number of ether oxygens (including phenoxy) is 1. The third-order valence-electron chi connectivity index (χ3n) is 5.41. The minimum absolute atomic E-state index is 0.128. The summed E-state index contributed by atoms with van der Waals surface area (Å²) in [6.07, 6.45) is 1.69. The van der Waals surface area contributed by atoms with Gasteiger partial charge in [-0.3, -0.25) is 9.80 Å². The van der Waals surface area contributed by atoms with Gasteiger partial charge < -0.3 is 9.84 Å². The van der Waals surface area contributed by atoms with E-state index in [1.807, 2.05) is 44.2 Å². The number of carbonyl (C=O) groups excluding carboxylic acids is 1. The molecule has 2 aliphatic rings. The van der Waals surface area contributed by atoms with Gasteiger partial charge in [-0.1, -0.05) is 30.3 Å². The Hall–Kier alpha value is -2.08. The lowest BCUT2D eigenvalue weighted by Gasteiger charge is -2.43. The van der Waals surface area contributed by atoms with E-state index in [4.69, 9.17) is 4.74 Å². The second-order valence-corrected chi connectivity index (χ2v) is 7.18. The quantitative estimate of drug-likeness (QED) is 0.888. The van der Waals surface area contributed by atoms with Crippen LogP contribution in [0.15, 0.2) is 30.3 Å². The van der Waals surface area contributed by atoms with E-state index in [0.29, 0.717) is 13.0 Å². The molecule has 2 aliphatic heterocycles. The van der Waals surface area contributed by atoms with Crippen molar-refractivity contribution in [2.75, 3.05) is 13.1 Å². The van der Waals surface area contributed by atoms with Crippen LogP contribution in [0.5, 0.6) is 0 Å². The van der Waals surface area contributed by atoms with E-state index in [2.05, 4.69) is 4.90 Å². The number of carboxylic acid groups (broad SMARTS) is 1. The molecule has 6 nitrogen and oxygen atoms in total. The number of benzene rings is 1. The number of fused-ring (bicyclic) bond motifs is 1. The average molecular weight is 346 g/mol. The molecule has 2 atom stereocenters. The van der Waals surface area contributed by atoms with Crippen LogP contribution in [0.3, 0.4) is 0 Å². The van der Waals surface area contributed by atoms with E-state index in [1.165, 1.54) is 4.90 Å². The van der Waals surface area contributed by atoms with E-state index in [0.717, 1.165) is 24.9 Å². The van der Waals surface area contributed by atoms with Crippen LogP contribution in [0.2, 0.25) is 0 Å². The predicted octanol–water partition coefficient (Wildman–Crippen LogP) is 2.73. The van der Waals surface area contributed by atoms with Crippen LogP contribution < -0.4 is 0 Å². The fourth-order valence-electron chi connectivity index (χ4n) is 4.37. The average Bonchev–Trinajstić information content (AvgIpc) is 3.17. The van der Waals surface area contributed by atoms with Crippen LogP contribution in [0.4, 0.5) is 4.79 Å². The molecule has 2 saturated heterocycles. The van der Waals surface area contributed by atoms with Gasteiger partial charge in [-0.15, -0.1) is 0 Å². The molecule has 1 amide bonds. The Bertz CT molecular complexity index is 634. The van der Waals surface area contributed by atoms with Crippen LogP contribution in [0.1, 0.15) is 38.7 Å². The zero-order chi connectivity index (χ0) is 18.0. The van der Waals surface area contributed by atoms with Crippen LogP contribution >= 0.6 is 0 Å². The zero-order valence-electron chi connectivity index (χ0n) is 14.9. The van der Waals surface area contributed by atoms with Crippen molar-refractivity contribution in [3.63, 3.8) is 0 Å². The SMILES string of the molecule is CC(C)N(C(=O)OCc1ccccc1)C1(C(=O)O)CCN2CCCC21. The highest BCUT2D eigenvalue weighted by atomic mass is 16.6. The molecule has 0 bridgehead atoms. The molecule has 2 fully saturated rings. The Morgan fingerprint density at radius 1 is 1.32 bits per heavy atom. The molecule has 0 aliphatic carbocycles. The fourth-order valence-corrected chi connectivity index (χ4v) is 4.37. The zero-order valence-corrected chi connectivity index (χ0v) is 14.9. The third kappa shape index (κ3) is 3.11. The summed E-state index contributed by atoms with van der Waals surface area (Å²) in [6.45, 7) is 5.47. The summed E-state index contributed by atoms with van der Waals surface area (Å²) < 4.78 is 5.49.